The summed E-state index contributed by atoms with van der Waals surface area (Å²) >= 11 is 0. The third-order valence-electron chi connectivity index (χ3n) is 9.19. The normalized spacial score (nSPS) is 24.1. The first-order chi connectivity index (χ1) is 25.4. The summed E-state index contributed by atoms with van der Waals surface area (Å²) in [5, 5.41) is 0. The van der Waals surface area contributed by atoms with Crippen LogP contribution >= 0.6 is 0 Å². The van der Waals surface area contributed by atoms with E-state index in [1.165, 1.54) is 0 Å². The summed E-state index contributed by atoms with van der Waals surface area (Å²) in [6.07, 6.45) is -5.48. The third kappa shape index (κ3) is 7.27. The molecule has 0 amide bonds. The highest BCUT2D eigenvalue weighted by Gasteiger charge is 2.60. The molecule has 0 saturated carbocycles. The smallest absolute Gasteiger partial charge is 0.338 e. The average Bonchev–Trinajstić information content (AvgIpc) is 3.53. The molecular formula is C43H40O9. The van der Waals surface area contributed by atoms with Crippen molar-refractivity contribution in [2.75, 3.05) is 13.2 Å². The number of carbonyl (C=O) groups is 2. The minimum atomic E-state index is -1.52. The predicted molar refractivity (Wildman–Crippen MR) is 191 cm³/mol. The third-order valence-corrected chi connectivity index (χ3v) is 9.19. The van der Waals surface area contributed by atoms with Crippen molar-refractivity contribution in [3.8, 4) is 0 Å². The molecule has 2 aliphatic rings. The van der Waals surface area contributed by atoms with Gasteiger partial charge in [0.25, 0.3) is 5.97 Å². The van der Waals surface area contributed by atoms with Crippen LogP contribution in [0.1, 0.15) is 51.3 Å². The monoisotopic (exact) mass is 700 g/mol. The topological polar surface area (TPSA) is 98.8 Å². The van der Waals surface area contributed by atoms with E-state index in [9.17, 15) is 9.59 Å². The van der Waals surface area contributed by atoms with Crippen LogP contribution in [0.5, 0.6) is 0 Å². The summed E-state index contributed by atoms with van der Waals surface area (Å²) < 4.78 is 44.5. The number of esters is 2. The van der Waals surface area contributed by atoms with Crippen molar-refractivity contribution in [1.82, 2.24) is 0 Å². The van der Waals surface area contributed by atoms with Crippen molar-refractivity contribution >= 4 is 11.9 Å². The van der Waals surface area contributed by atoms with E-state index in [2.05, 4.69) is 0 Å². The summed E-state index contributed by atoms with van der Waals surface area (Å²) in [6.45, 7) is 3.58. The molecule has 2 heterocycles. The van der Waals surface area contributed by atoms with Gasteiger partial charge < -0.3 is 28.4 Å². The van der Waals surface area contributed by atoms with Crippen molar-refractivity contribution in [3.63, 3.8) is 0 Å². The van der Waals surface area contributed by atoms with Gasteiger partial charge in [-0.25, -0.2) is 9.59 Å². The maximum atomic E-state index is 13.8. The molecule has 2 fully saturated rings. The van der Waals surface area contributed by atoms with Crippen LogP contribution in [0.4, 0.5) is 0 Å². The van der Waals surface area contributed by atoms with Crippen LogP contribution in [-0.4, -0.2) is 61.8 Å². The molecule has 2 saturated heterocycles. The number of fused-ring (bicyclic) bond motifs is 1. The van der Waals surface area contributed by atoms with Crippen LogP contribution in [0.15, 0.2) is 152 Å². The second-order valence-corrected chi connectivity index (χ2v) is 12.6. The minimum Gasteiger partial charge on any atom is -0.452 e. The highest BCUT2D eigenvalue weighted by atomic mass is 16.9. The zero-order valence-electron chi connectivity index (χ0n) is 28.9. The van der Waals surface area contributed by atoms with Crippen LogP contribution in [0.2, 0.25) is 0 Å². The van der Waals surface area contributed by atoms with Gasteiger partial charge in [-0.3, -0.25) is 4.74 Å². The average molecular weight is 701 g/mol. The summed E-state index contributed by atoms with van der Waals surface area (Å²) in [7, 11) is 0. The van der Waals surface area contributed by atoms with Crippen LogP contribution in [0.3, 0.4) is 0 Å². The van der Waals surface area contributed by atoms with Gasteiger partial charge in [0.2, 0.25) is 0 Å². The van der Waals surface area contributed by atoms with Crippen molar-refractivity contribution < 1.29 is 42.7 Å². The first-order valence-electron chi connectivity index (χ1n) is 17.4. The Bertz CT molecular complexity index is 1810. The highest BCUT2D eigenvalue weighted by Crippen LogP contribution is 2.43. The van der Waals surface area contributed by atoms with Gasteiger partial charge in [-0.2, -0.15) is 0 Å². The molecule has 0 unspecified atom stereocenters. The molecule has 0 N–H and O–H groups in total. The van der Waals surface area contributed by atoms with Crippen molar-refractivity contribution in [3.05, 3.63) is 179 Å². The van der Waals surface area contributed by atoms with Gasteiger partial charge in [0.05, 0.1) is 17.7 Å². The Morgan fingerprint density at radius 3 is 1.48 bits per heavy atom. The van der Waals surface area contributed by atoms with E-state index in [0.29, 0.717) is 11.1 Å². The van der Waals surface area contributed by atoms with E-state index in [1.807, 2.05) is 97.9 Å². The molecule has 5 aromatic rings. The zero-order chi connectivity index (χ0) is 36.0. The van der Waals surface area contributed by atoms with Crippen LogP contribution in [-0.2, 0) is 38.8 Å². The molecule has 0 spiro atoms. The van der Waals surface area contributed by atoms with E-state index >= 15 is 0 Å². The van der Waals surface area contributed by atoms with Crippen LogP contribution < -0.4 is 0 Å². The second-order valence-electron chi connectivity index (χ2n) is 12.6. The fraction of sp³-hybridized carbons (Fsp3) is 0.256. The highest BCUT2D eigenvalue weighted by molar-refractivity contribution is 5.90. The molecule has 9 nitrogen and oxygen atoms in total. The maximum Gasteiger partial charge on any atom is 0.338 e. The Morgan fingerprint density at radius 2 is 1.04 bits per heavy atom. The lowest BCUT2D eigenvalue weighted by Gasteiger charge is -2.43. The number of carbonyl (C=O) groups excluding carboxylic acids is 2. The molecule has 6 atom stereocenters. The van der Waals surface area contributed by atoms with Crippen LogP contribution in [0, 0.1) is 0 Å². The van der Waals surface area contributed by atoms with Gasteiger partial charge in [-0.15, -0.1) is 0 Å². The molecule has 0 radical (unpaired) electrons. The minimum absolute atomic E-state index is 0.122. The van der Waals surface area contributed by atoms with E-state index < -0.39 is 54.2 Å². The van der Waals surface area contributed by atoms with E-state index in [1.54, 1.807) is 67.6 Å². The summed E-state index contributed by atoms with van der Waals surface area (Å²) in [5.74, 6) is -2.79. The zero-order valence-corrected chi connectivity index (χ0v) is 28.9. The molecule has 0 aliphatic carbocycles. The van der Waals surface area contributed by atoms with Crippen LogP contribution in [0.25, 0.3) is 0 Å². The Morgan fingerprint density at radius 1 is 0.615 bits per heavy atom. The van der Waals surface area contributed by atoms with Crippen molar-refractivity contribution in [2.24, 2.45) is 0 Å². The van der Waals surface area contributed by atoms with E-state index in [-0.39, 0.29) is 13.2 Å². The standard InChI is InChI=1S/C43H40O9/c1-3-46-42(2)51-38-37(50-40(45)31-21-11-5-12-22-31)36(49-39(44)30-19-9-4-10-20-30)35(48-41(38)52-42)29-47-43(32-23-13-6-14-24-32,33-25-15-7-16-26-33)34-27-17-8-18-28-34/h4-28,35-38,41H,3,29H2,1-2H3/t35-,36+,37+,38+,41+,42-/m0/s1. The number of ether oxygens (including phenoxy) is 7. The molecule has 7 rings (SSSR count). The molecule has 52 heavy (non-hydrogen) atoms. The summed E-state index contributed by atoms with van der Waals surface area (Å²) in [6, 6.07) is 46.9. The van der Waals surface area contributed by atoms with Gasteiger partial charge in [-0.05, 0) is 47.9 Å². The molecule has 2 aliphatic heterocycles. The van der Waals surface area contributed by atoms with Crippen molar-refractivity contribution in [2.45, 2.75) is 56.1 Å². The number of hydrogen-bond acceptors (Lipinski definition) is 9. The fourth-order valence-corrected chi connectivity index (χ4v) is 6.83. The lowest BCUT2D eigenvalue weighted by atomic mass is 9.80. The molecule has 0 bridgehead atoms. The Labute approximate surface area is 303 Å². The first-order valence-corrected chi connectivity index (χ1v) is 17.4. The van der Waals surface area contributed by atoms with Gasteiger partial charge in [-0.1, -0.05) is 127 Å². The first kappa shape index (κ1) is 35.3. The largest absolute Gasteiger partial charge is 0.452 e. The SMILES string of the molecule is CCO[C@]1(C)O[C@H]2O[C@@H](COC(c3ccccc3)(c3ccccc3)c3ccccc3)[C@@H](OC(=O)c3ccccc3)[C@@H](OC(=O)c3ccccc3)[C@H]2O1. The van der Waals surface area contributed by atoms with E-state index in [0.717, 1.165) is 16.7 Å². The molecule has 9 heteroatoms. The fourth-order valence-electron chi connectivity index (χ4n) is 6.83. The lowest BCUT2D eigenvalue weighted by Crippen LogP contribution is -2.61. The second kappa shape index (κ2) is 15.6. The Balaban J connectivity index is 1.31. The maximum absolute atomic E-state index is 13.8. The number of rotatable bonds is 12. The Kier molecular flexibility index (Phi) is 10.6. The molecule has 5 aromatic carbocycles. The van der Waals surface area contributed by atoms with Gasteiger partial charge in [0, 0.05) is 13.5 Å². The Hall–Kier alpha value is -5.16. The summed E-state index contributed by atoms with van der Waals surface area (Å²) in [4.78, 5) is 27.5. The number of benzene rings is 5. The van der Waals surface area contributed by atoms with Crippen molar-refractivity contribution in [1.29, 1.82) is 0 Å². The predicted octanol–water partition coefficient (Wildman–Crippen LogP) is 7.30. The lowest BCUT2D eigenvalue weighted by molar-refractivity contribution is -0.343. The van der Waals surface area contributed by atoms with Gasteiger partial charge in [0.1, 0.15) is 11.7 Å². The molecular weight excluding hydrogens is 660 g/mol. The van der Waals surface area contributed by atoms with Gasteiger partial charge >= 0.3 is 11.9 Å². The summed E-state index contributed by atoms with van der Waals surface area (Å²) in [5.41, 5.74) is 2.11. The molecule has 0 aromatic heterocycles. The van der Waals surface area contributed by atoms with Gasteiger partial charge in [0.15, 0.2) is 24.6 Å². The molecule has 266 valence electrons. The quantitative estimate of drug-likeness (QED) is 0.0981. The van der Waals surface area contributed by atoms with E-state index in [4.69, 9.17) is 33.2 Å². The number of hydrogen-bond donors (Lipinski definition) is 0.